The average Bonchev–Trinajstić information content (AvgIpc) is 2.19. The van der Waals surface area contributed by atoms with Crippen LogP contribution in [0.4, 0.5) is 8.78 Å². The summed E-state index contributed by atoms with van der Waals surface area (Å²) in [5.74, 6) is -1.25. The fraction of sp³-hybridized carbons (Fsp3) is 0.222. The molecule has 1 N–H and O–H groups in total. The third-order valence-electron chi connectivity index (χ3n) is 1.76. The monoisotopic (exact) mass is 290 g/mol. The van der Waals surface area contributed by atoms with Gasteiger partial charge in [0.05, 0.1) is 12.0 Å². The predicted octanol–water partition coefficient (Wildman–Crippen LogP) is 2.28. The Bertz CT molecular complexity index is 471. The molecule has 0 saturated heterocycles. The maximum Gasteiger partial charge on any atom is 0.307 e. The third-order valence-corrected chi connectivity index (χ3v) is 2.36. The minimum absolute atomic E-state index is 0.0144. The van der Waals surface area contributed by atoms with E-state index in [0.717, 1.165) is 6.07 Å². The first-order chi connectivity index (χ1) is 7.45. The van der Waals surface area contributed by atoms with Crippen LogP contribution in [0.5, 0.6) is 0 Å². The van der Waals surface area contributed by atoms with Crippen molar-refractivity contribution in [1.29, 1.82) is 5.26 Å². The number of rotatable bonds is 3. The molecule has 7 heteroatoms. The van der Waals surface area contributed by atoms with Crippen molar-refractivity contribution < 1.29 is 18.7 Å². The zero-order valence-corrected chi connectivity index (χ0v) is 9.33. The summed E-state index contributed by atoms with van der Waals surface area (Å²) in [6.45, 7) is 0. The van der Waals surface area contributed by atoms with Crippen molar-refractivity contribution in [3.05, 3.63) is 27.5 Å². The van der Waals surface area contributed by atoms with Crippen molar-refractivity contribution in [2.75, 3.05) is 0 Å². The molecule has 0 atom stereocenters. The van der Waals surface area contributed by atoms with Gasteiger partial charge in [0.2, 0.25) is 0 Å². The van der Waals surface area contributed by atoms with Gasteiger partial charge in [-0.25, -0.2) is 13.8 Å². The Labute approximate surface area is 97.7 Å². The standard InChI is InChI=1S/C9H5BrF2N2O2/c10-8-5(3-13)1-4(2-6(15)16)7(14-8)9(11)12/h1,9H,2H2,(H,15,16). The average molecular weight is 291 g/mol. The van der Waals surface area contributed by atoms with Gasteiger partial charge in [-0.05, 0) is 27.6 Å². The topological polar surface area (TPSA) is 74.0 Å². The second-order valence-corrected chi connectivity index (χ2v) is 3.61. The molecule has 0 aliphatic carbocycles. The van der Waals surface area contributed by atoms with Crippen LogP contribution in [0.1, 0.15) is 23.2 Å². The molecule has 1 aromatic heterocycles. The Morgan fingerprint density at radius 2 is 2.31 bits per heavy atom. The summed E-state index contributed by atoms with van der Waals surface area (Å²) < 4.78 is 25.1. The largest absolute Gasteiger partial charge is 0.481 e. The maximum atomic E-state index is 12.5. The van der Waals surface area contributed by atoms with Crippen LogP contribution in [-0.4, -0.2) is 16.1 Å². The number of hydrogen-bond donors (Lipinski definition) is 1. The summed E-state index contributed by atoms with van der Waals surface area (Å²) >= 11 is 2.86. The molecule has 0 bridgehead atoms. The fourth-order valence-corrected chi connectivity index (χ4v) is 1.51. The zero-order chi connectivity index (χ0) is 12.3. The van der Waals surface area contributed by atoms with Gasteiger partial charge in [-0.2, -0.15) is 5.26 Å². The first-order valence-electron chi connectivity index (χ1n) is 4.05. The van der Waals surface area contributed by atoms with E-state index < -0.39 is 24.5 Å². The van der Waals surface area contributed by atoms with Gasteiger partial charge in [0.25, 0.3) is 6.43 Å². The Balaban J connectivity index is 3.32. The molecule has 1 rings (SSSR count). The van der Waals surface area contributed by atoms with Crippen molar-refractivity contribution in [1.82, 2.24) is 4.98 Å². The number of halogens is 3. The predicted molar refractivity (Wildman–Crippen MR) is 52.9 cm³/mol. The lowest BCUT2D eigenvalue weighted by Crippen LogP contribution is -2.07. The molecule has 0 aliphatic heterocycles. The Hall–Kier alpha value is -1.55. The van der Waals surface area contributed by atoms with Crippen LogP contribution in [-0.2, 0) is 11.2 Å². The van der Waals surface area contributed by atoms with Crippen LogP contribution in [0.2, 0.25) is 0 Å². The number of carboxylic acid groups (broad SMARTS) is 1. The van der Waals surface area contributed by atoms with Gasteiger partial charge in [0, 0.05) is 0 Å². The van der Waals surface area contributed by atoms with E-state index in [4.69, 9.17) is 10.4 Å². The minimum Gasteiger partial charge on any atom is -0.481 e. The Morgan fingerprint density at radius 1 is 1.69 bits per heavy atom. The number of carbonyl (C=O) groups is 1. The fourth-order valence-electron chi connectivity index (χ4n) is 1.12. The summed E-state index contributed by atoms with van der Waals surface area (Å²) in [6.07, 6.45) is -3.47. The van der Waals surface area contributed by atoms with Crippen molar-refractivity contribution in [2.24, 2.45) is 0 Å². The summed E-state index contributed by atoms with van der Waals surface area (Å²) in [7, 11) is 0. The lowest BCUT2D eigenvalue weighted by atomic mass is 10.1. The van der Waals surface area contributed by atoms with Crippen molar-refractivity contribution in [3.8, 4) is 6.07 Å². The zero-order valence-electron chi connectivity index (χ0n) is 7.75. The number of aromatic nitrogens is 1. The lowest BCUT2D eigenvalue weighted by molar-refractivity contribution is -0.136. The first-order valence-corrected chi connectivity index (χ1v) is 4.84. The number of aliphatic carboxylic acids is 1. The highest BCUT2D eigenvalue weighted by atomic mass is 79.9. The number of hydrogen-bond acceptors (Lipinski definition) is 3. The van der Waals surface area contributed by atoms with E-state index in [-0.39, 0.29) is 15.7 Å². The van der Waals surface area contributed by atoms with Crippen molar-refractivity contribution >= 4 is 21.9 Å². The Morgan fingerprint density at radius 3 is 2.75 bits per heavy atom. The number of nitrogens with zero attached hydrogens (tertiary/aromatic N) is 2. The van der Waals surface area contributed by atoms with Crippen LogP contribution in [0.25, 0.3) is 0 Å². The van der Waals surface area contributed by atoms with E-state index in [9.17, 15) is 13.6 Å². The molecule has 0 aliphatic rings. The smallest absolute Gasteiger partial charge is 0.307 e. The molecule has 16 heavy (non-hydrogen) atoms. The van der Waals surface area contributed by atoms with Gasteiger partial charge in [0.1, 0.15) is 16.4 Å². The number of nitriles is 1. The highest BCUT2D eigenvalue weighted by Crippen LogP contribution is 2.25. The minimum atomic E-state index is -2.88. The van der Waals surface area contributed by atoms with Crippen LogP contribution < -0.4 is 0 Å². The molecule has 1 aromatic rings. The third kappa shape index (κ3) is 2.73. The molecule has 0 aromatic carbocycles. The highest BCUT2D eigenvalue weighted by Gasteiger charge is 2.19. The van der Waals surface area contributed by atoms with Crippen molar-refractivity contribution in [2.45, 2.75) is 12.8 Å². The Kier molecular flexibility index (Phi) is 3.90. The van der Waals surface area contributed by atoms with Crippen LogP contribution in [0.15, 0.2) is 10.7 Å². The first kappa shape index (κ1) is 12.5. The van der Waals surface area contributed by atoms with Crippen LogP contribution in [0.3, 0.4) is 0 Å². The lowest BCUT2D eigenvalue weighted by Gasteiger charge is -2.07. The van der Waals surface area contributed by atoms with E-state index in [2.05, 4.69) is 20.9 Å². The van der Waals surface area contributed by atoms with Gasteiger partial charge in [-0.1, -0.05) is 0 Å². The molecule has 1 heterocycles. The van der Waals surface area contributed by atoms with Gasteiger partial charge < -0.3 is 5.11 Å². The van der Waals surface area contributed by atoms with Crippen LogP contribution >= 0.6 is 15.9 Å². The normalized spacial score (nSPS) is 10.2. The highest BCUT2D eigenvalue weighted by molar-refractivity contribution is 9.10. The number of carboxylic acids is 1. The molecule has 0 spiro atoms. The summed E-state index contributed by atoms with van der Waals surface area (Å²) in [5, 5.41) is 17.2. The van der Waals surface area contributed by atoms with E-state index in [0.29, 0.717) is 0 Å². The van der Waals surface area contributed by atoms with Gasteiger partial charge in [-0.3, -0.25) is 4.79 Å². The molecule has 0 amide bonds. The quantitative estimate of drug-likeness (QED) is 0.867. The summed E-state index contributed by atoms with van der Waals surface area (Å²) in [6, 6.07) is 2.83. The second-order valence-electron chi connectivity index (χ2n) is 2.85. The molecule has 4 nitrogen and oxygen atoms in total. The van der Waals surface area contributed by atoms with E-state index in [1.165, 1.54) is 0 Å². The van der Waals surface area contributed by atoms with Gasteiger partial charge in [0.15, 0.2) is 0 Å². The second kappa shape index (κ2) is 4.99. The van der Waals surface area contributed by atoms with Crippen LogP contribution in [0, 0.1) is 11.3 Å². The number of pyridine rings is 1. The van der Waals surface area contributed by atoms with E-state index >= 15 is 0 Å². The molecule has 84 valence electrons. The molecule has 0 fully saturated rings. The number of alkyl halides is 2. The van der Waals surface area contributed by atoms with Gasteiger partial charge >= 0.3 is 5.97 Å². The van der Waals surface area contributed by atoms with E-state index in [1.807, 2.05) is 0 Å². The van der Waals surface area contributed by atoms with E-state index in [1.54, 1.807) is 6.07 Å². The molecular formula is C9H5BrF2N2O2. The SMILES string of the molecule is N#Cc1cc(CC(=O)O)c(C(F)F)nc1Br. The summed E-state index contributed by atoms with van der Waals surface area (Å²) in [5.41, 5.74) is -0.740. The summed E-state index contributed by atoms with van der Waals surface area (Å²) in [4.78, 5) is 13.9. The molecular weight excluding hydrogens is 286 g/mol. The van der Waals surface area contributed by atoms with Crippen molar-refractivity contribution in [3.63, 3.8) is 0 Å². The maximum absolute atomic E-state index is 12.5. The molecule has 0 unspecified atom stereocenters. The molecule has 0 saturated carbocycles. The van der Waals surface area contributed by atoms with Gasteiger partial charge in [-0.15, -0.1) is 0 Å². The molecule has 0 radical (unpaired) electrons.